The highest BCUT2D eigenvalue weighted by Gasteiger charge is 2.45. The van der Waals surface area contributed by atoms with Crippen molar-refractivity contribution >= 4 is 5.91 Å². The van der Waals surface area contributed by atoms with Gasteiger partial charge in [0.2, 0.25) is 5.89 Å². The fraction of sp³-hybridized carbons (Fsp3) is 0.550. The molecule has 0 spiro atoms. The van der Waals surface area contributed by atoms with Crippen molar-refractivity contribution in [3.8, 4) is 0 Å². The van der Waals surface area contributed by atoms with Gasteiger partial charge < -0.3 is 19.3 Å². The zero-order chi connectivity index (χ0) is 19.7. The van der Waals surface area contributed by atoms with E-state index in [1.165, 1.54) is 0 Å². The maximum atomic E-state index is 13.0. The van der Waals surface area contributed by atoms with Gasteiger partial charge in [0.1, 0.15) is 6.04 Å². The first-order valence-electron chi connectivity index (χ1n) is 9.45. The van der Waals surface area contributed by atoms with E-state index in [2.05, 4.69) is 15.5 Å². The fourth-order valence-electron chi connectivity index (χ4n) is 3.60. The summed E-state index contributed by atoms with van der Waals surface area (Å²) in [6, 6.07) is 5.11. The Hall–Kier alpha value is -2.32. The maximum absolute atomic E-state index is 13.0. The summed E-state index contributed by atoms with van der Waals surface area (Å²) in [6.07, 6.45) is 2.23. The van der Waals surface area contributed by atoms with E-state index in [4.69, 9.17) is 14.0 Å². The van der Waals surface area contributed by atoms with Crippen molar-refractivity contribution in [1.82, 2.24) is 15.5 Å². The summed E-state index contributed by atoms with van der Waals surface area (Å²) in [5, 5.41) is 7.03. The van der Waals surface area contributed by atoms with Crippen LogP contribution in [-0.4, -0.2) is 36.1 Å². The molecular weight excluding hydrogens is 365 g/mol. The monoisotopic (exact) mass is 389 g/mol. The lowest BCUT2D eigenvalue weighted by Gasteiger charge is -2.43. The third-order valence-corrected chi connectivity index (χ3v) is 5.39. The molecule has 1 aliphatic carbocycles. The molecule has 150 valence electrons. The van der Waals surface area contributed by atoms with Gasteiger partial charge in [0, 0.05) is 17.9 Å². The molecular formula is C20H24FN3O4. The molecule has 1 amide bonds. The average Bonchev–Trinajstić information content (AvgIpc) is 3.43. The predicted molar refractivity (Wildman–Crippen MR) is 97.3 cm³/mol. The molecule has 2 aromatic rings. The number of nitrogens with one attached hydrogen (secondary N) is 1. The molecule has 1 aliphatic heterocycles. The van der Waals surface area contributed by atoms with Gasteiger partial charge in [0.25, 0.3) is 5.91 Å². The second kappa shape index (κ2) is 7.60. The van der Waals surface area contributed by atoms with Crippen molar-refractivity contribution in [1.29, 1.82) is 0 Å². The van der Waals surface area contributed by atoms with Gasteiger partial charge in [-0.1, -0.05) is 18.1 Å². The highest BCUT2D eigenvalue weighted by Crippen LogP contribution is 2.42. The number of ether oxygens (including phenoxy) is 2. The highest BCUT2D eigenvalue weighted by atomic mass is 19.1. The van der Waals surface area contributed by atoms with E-state index in [9.17, 15) is 9.18 Å². The van der Waals surface area contributed by atoms with E-state index < -0.39 is 12.9 Å². The van der Waals surface area contributed by atoms with Crippen molar-refractivity contribution in [3.05, 3.63) is 46.6 Å². The number of alkyl halides is 1. The number of amides is 1. The van der Waals surface area contributed by atoms with Crippen LogP contribution in [0.3, 0.4) is 0 Å². The summed E-state index contributed by atoms with van der Waals surface area (Å²) in [6.45, 7) is 4.04. The van der Waals surface area contributed by atoms with Crippen LogP contribution in [-0.2, 0) is 16.1 Å². The number of rotatable bonds is 8. The van der Waals surface area contributed by atoms with Gasteiger partial charge in [0.05, 0.1) is 19.8 Å². The molecule has 1 unspecified atom stereocenters. The molecule has 1 saturated heterocycles. The van der Waals surface area contributed by atoms with E-state index >= 15 is 0 Å². The van der Waals surface area contributed by atoms with Gasteiger partial charge >= 0.3 is 0 Å². The van der Waals surface area contributed by atoms with Crippen LogP contribution in [0, 0.1) is 12.3 Å². The Labute approximate surface area is 162 Å². The minimum Gasteiger partial charge on any atom is -0.380 e. The summed E-state index contributed by atoms with van der Waals surface area (Å²) in [4.78, 5) is 17.3. The Balaban J connectivity index is 1.57. The second-order valence-corrected chi connectivity index (χ2v) is 7.87. The minimum absolute atomic E-state index is 0.155. The smallest absolute Gasteiger partial charge is 0.251 e. The lowest BCUT2D eigenvalue weighted by Crippen LogP contribution is -2.51. The van der Waals surface area contributed by atoms with Crippen molar-refractivity contribution in [2.45, 2.75) is 45.3 Å². The van der Waals surface area contributed by atoms with Crippen LogP contribution in [0.1, 0.15) is 64.9 Å². The van der Waals surface area contributed by atoms with E-state index in [0.29, 0.717) is 36.4 Å². The molecule has 1 atom stereocenters. The first-order valence-corrected chi connectivity index (χ1v) is 9.45. The molecule has 1 aromatic carbocycles. The van der Waals surface area contributed by atoms with Crippen molar-refractivity contribution in [2.24, 2.45) is 5.41 Å². The molecule has 0 bridgehead atoms. The number of aryl methyl sites for hydroxylation is 1. The third-order valence-electron chi connectivity index (χ3n) is 5.39. The molecule has 1 saturated carbocycles. The normalized spacial score (nSPS) is 19.1. The largest absolute Gasteiger partial charge is 0.380 e. The number of carbonyl (C=O) groups excluding carboxylic acids is 1. The first-order chi connectivity index (χ1) is 13.5. The Morgan fingerprint density at radius 2 is 2.21 bits per heavy atom. The van der Waals surface area contributed by atoms with Crippen LogP contribution in [0.15, 0.2) is 22.7 Å². The number of hydrogen-bond acceptors (Lipinski definition) is 6. The van der Waals surface area contributed by atoms with Gasteiger partial charge in [-0.25, -0.2) is 4.39 Å². The Kier molecular flexibility index (Phi) is 5.16. The van der Waals surface area contributed by atoms with E-state index in [-0.39, 0.29) is 17.9 Å². The maximum Gasteiger partial charge on any atom is 0.251 e. The van der Waals surface area contributed by atoms with Gasteiger partial charge in [-0.3, -0.25) is 4.79 Å². The number of nitrogens with zero attached hydrogens (tertiary/aromatic N) is 2. The third kappa shape index (κ3) is 3.79. The predicted octanol–water partition coefficient (Wildman–Crippen LogP) is 3.21. The quantitative estimate of drug-likeness (QED) is 0.746. The summed E-state index contributed by atoms with van der Waals surface area (Å²) in [5.74, 6) is 1.12. The number of carbonyl (C=O) groups is 1. The molecule has 28 heavy (non-hydrogen) atoms. The van der Waals surface area contributed by atoms with Gasteiger partial charge in [0.15, 0.2) is 12.7 Å². The Bertz CT molecular complexity index is 861. The minimum atomic E-state index is -0.849. The summed E-state index contributed by atoms with van der Waals surface area (Å²) in [7, 11) is 0. The number of hydrogen-bond donors (Lipinski definition) is 1. The van der Waals surface area contributed by atoms with Gasteiger partial charge in [-0.05, 0) is 42.0 Å². The molecule has 1 aromatic heterocycles. The Morgan fingerprint density at radius 1 is 1.43 bits per heavy atom. The number of aromatic nitrogens is 2. The zero-order valence-electron chi connectivity index (χ0n) is 16.0. The highest BCUT2D eigenvalue weighted by molar-refractivity contribution is 5.94. The van der Waals surface area contributed by atoms with Crippen molar-refractivity contribution in [2.75, 3.05) is 20.1 Å². The molecule has 0 radical (unpaired) electrons. The van der Waals surface area contributed by atoms with Crippen molar-refractivity contribution in [3.63, 3.8) is 0 Å². The van der Waals surface area contributed by atoms with Crippen LogP contribution in [0.2, 0.25) is 0 Å². The summed E-state index contributed by atoms with van der Waals surface area (Å²) >= 11 is 0. The van der Waals surface area contributed by atoms with E-state index in [1.54, 1.807) is 19.1 Å². The molecule has 1 N–H and O–H groups in total. The van der Waals surface area contributed by atoms with Gasteiger partial charge in [-0.15, -0.1) is 0 Å². The topological polar surface area (TPSA) is 86.5 Å². The Morgan fingerprint density at radius 3 is 2.79 bits per heavy atom. The molecule has 2 fully saturated rings. The average molecular weight is 389 g/mol. The van der Waals surface area contributed by atoms with Crippen LogP contribution in [0.5, 0.6) is 0 Å². The van der Waals surface area contributed by atoms with E-state index in [1.807, 2.05) is 13.0 Å². The van der Waals surface area contributed by atoms with Crippen LogP contribution in [0.25, 0.3) is 0 Å². The summed E-state index contributed by atoms with van der Waals surface area (Å²) in [5.41, 5.74) is 2.18. The van der Waals surface area contributed by atoms with Gasteiger partial charge in [-0.2, -0.15) is 4.98 Å². The van der Waals surface area contributed by atoms with Crippen LogP contribution < -0.4 is 5.32 Å². The lowest BCUT2D eigenvalue weighted by molar-refractivity contribution is -0.122. The van der Waals surface area contributed by atoms with Crippen LogP contribution in [0.4, 0.5) is 4.39 Å². The number of benzene rings is 1. The molecule has 8 heteroatoms. The van der Waals surface area contributed by atoms with E-state index in [0.717, 1.165) is 24.0 Å². The molecule has 7 nitrogen and oxygen atoms in total. The molecule has 4 rings (SSSR count). The first kappa shape index (κ1) is 19.0. The van der Waals surface area contributed by atoms with Crippen LogP contribution >= 0.6 is 0 Å². The molecule has 2 aliphatic rings. The number of halogens is 1. The standard InChI is InChI=1S/C20H24FN3O4/c1-12-22-18(24-28-12)17(20(2)9-27-10-20)23-19(25)14-5-6-16(13-3-4-13)15(7-14)8-26-11-21/h5-7,13,17H,3-4,8-11H2,1-2H3,(H,23,25). The fourth-order valence-corrected chi connectivity index (χ4v) is 3.60. The second-order valence-electron chi connectivity index (χ2n) is 7.87. The zero-order valence-corrected chi connectivity index (χ0v) is 16.0. The summed E-state index contributed by atoms with van der Waals surface area (Å²) < 4.78 is 27.9. The van der Waals surface area contributed by atoms with Crippen molar-refractivity contribution < 1.29 is 23.2 Å². The lowest BCUT2D eigenvalue weighted by atomic mass is 9.79. The SMILES string of the molecule is Cc1nc(C(NC(=O)c2ccc(C3CC3)c(COCF)c2)C2(C)COC2)no1. The molecule has 2 heterocycles.